The lowest BCUT2D eigenvalue weighted by Crippen LogP contribution is -2.43. The molecular formula is C29H38N4O2. The largest absolute Gasteiger partial charge is 0.346 e. The van der Waals surface area contributed by atoms with Gasteiger partial charge in [-0.3, -0.25) is 9.59 Å². The van der Waals surface area contributed by atoms with Crippen molar-refractivity contribution >= 4 is 22.8 Å². The minimum atomic E-state index is -0.506. The SMILES string of the molecule is CC(NC(=O)C(C)(C)C)c1nc2ccccc2n1CC(=O)N(Cc1ccccc1)C1CCCCC1. The molecule has 0 spiro atoms. The maximum Gasteiger partial charge on any atom is 0.243 e. The Morgan fingerprint density at radius 2 is 1.69 bits per heavy atom. The van der Waals surface area contributed by atoms with Crippen LogP contribution in [0.2, 0.25) is 0 Å². The highest BCUT2D eigenvalue weighted by atomic mass is 16.2. The Bertz CT molecular complexity index is 1160. The Labute approximate surface area is 208 Å². The standard InChI is InChI=1S/C29H38N4O2/c1-21(30-28(35)29(2,3)4)27-31-24-17-11-12-18-25(24)33(27)20-26(34)32(23-15-9-6-10-16-23)19-22-13-7-5-8-14-22/h5,7-8,11-14,17-18,21,23H,6,9-10,15-16,19-20H2,1-4H3,(H,30,35). The summed E-state index contributed by atoms with van der Waals surface area (Å²) in [4.78, 5) is 33.5. The van der Waals surface area contributed by atoms with Gasteiger partial charge in [0.1, 0.15) is 12.4 Å². The van der Waals surface area contributed by atoms with Gasteiger partial charge in [-0.05, 0) is 37.5 Å². The van der Waals surface area contributed by atoms with Crippen molar-refractivity contribution in [1.82, 2.24) is 19.8 Å². The van der Waals surface area contributed by atoms with Crippen molar-refractivity contribution in [2.45, 2.75) is 85.0 Å². The first-order valence-corrected chi connectivity index (χ1v) is 12.8. The smallest absolute Gasteiger partial charge is 0.243 e. The lowest BCUT2D eigenvalue weighted by Gasteiger charge is -2.35. The van der Waals surface area contributed by atoms with E-state index in [1.807, 2.05) is 74.7 Å². The zero-order valence-electron chi connectivity index (χ0n) is 21.5. The van der Waals surface area contributed by atoms with Crippen LogP contribution < -0.4 is 5.32 Å². The minimum absolute atomic E-state index is 0.0390. The van der Waals surface area contributed by atoms with E-state index in [0.717, 1.165) is 29.4 Å². The number of carbonyl (C=O) groups is 2. The summed E-state index contributed by atoms with van der Waals surface area (Å²) >= 11 is 0. The zero-order chi connectivity index (χ0) is 25.0. The van der Waals surface area contributed by atoms with Gasteiger partial charge in [-0.1, -0.05) is 82.5 Å². The van der Waals surface area contributed by atoms with E-state index in [0.29, 0.717) is 12.4 Å². The molecule has 1 N–H and O–H groups in total. The molecule has 3 aromatic rings. The van der Waals surface area contributed by atoms with Crippen molar-refractivity contribution in [1.29, 1.82) is 0 Å². The first kappa shape index (κ1) is 25.0. The fourth-order valence-electron chi connectivity index (χ4n) is 4.89. The average Bonchev–Trinajstić information content (AvgIpc) is 3.21. The molecule has 6 nitrogen and oxygen atoms in total. The molecule has 4 rings (SSSR count). The van der Waals surface area contributed by atoms with Gasteiger partial charge in [-0.2, -0.15) is 0 Å². The number of carbonyl (C=O) groups excluding carboxylic acids is 2. The molecule has 1 atom stereocenters. The van der Waals surface area contributed by atoms with Gasteiger partial charge >= 0.3 is 0 Å². The summed E-state index contributed by atoms with van der Waals surface area (Å²) in [5.41, 5.74) is 2.39. The number of aromatic nitrogens is 2. The van der Waals surface area contributed by atoms with Crippen LogP contribution in [-0.4, -0.2) is 32.3 Å². The molecule has 1 aliphatic rings. The monoisotopic (exact) mass is 474 g/mol. The van der Waals surface area contributed by atoms with Crippen LogP contribution in [0.1, 0.15) is 77.2 Å². The van der Waals surface area contributed by atoms with Gasteiger partial charge in [0.25, 0.3) is 0 Å². The Morgan fingerprint density at radius 1 is 1.03 bits per heavy atom. The Kier molecular flexibility index (Phi) is 7.58. The van der Waals surface area contributed by atoms with Crippen LogP contribution in [0.4, 0.5) is 0 Å². The molecule has 0 radical (unpaired) electrons. The zero-order valence-corrected chi connectivity index (χ0v) is 21.5. The average molecular weight is 475 g/mol. The maximum absolute atomic E-state index is 13.9. The van der Waals surface area contributed by atoms with E-state index in [2.05, 4.69) is 22.3 Å². The normalized spacial score (nSPS) is 15.7. The predicted octanol–water partition coefficient (Wildman–Crippen LogP) is 5.62. The fraction of sp³-hybridized carbons (Fsp3) is 0.483. The number of para-hydroxylation sites is 2. The van der Waals surface area contributed by atoms with Gasteiger partial charge in [-0.25, -0.2) is 4.98 Å². The number of hydrogen-bond acceptors (Lipinski definition) is 3. The van der Waals surface area contributed by atoms with Crippen LogP contribution in [0.3, 0.4) is 0 Å². The Morgan fingerprint density at radius 3 is 2.37 bits per heavy atom. The van der Waals surface area contributed by atoms with Gasteiger partial charge in [0.2, 0.25) is 11.8 Å². The first-order valence-electron chi connectivity index (χ1n) is 12.8. The number of nitrogens with one attached hydrogen (secondary N) is 1. The van der Waals surface area contributed by atoms with E-state index >= 15 is 0 Å². The van der Waals surface area contributed by atoms with Crippen molar-refractivity contribution < 1.29 is 9.59 Å². The summed E-state index contributed by atoms with van der Waals surface area (Å²) in [6.45, 7) is 8.44. The van der Waals surface area contributed by atoms with Crippen molar-refractivity contribution in [3.05, 3.63) is 66.0 Å². The molecular weight excluding hydrogens is 436 g/mol. The maximum atomic E-state index is 13.9. The highest BCUT2D eigenvalue weighted by Crippen LogP contribution is 2.27. The molecule has 35 heavy (non-hydrogen) atoms. The van der Waals surface area contributed by atoms with Crippen molar-refractivity contribution in [3.63, 3.8) is 0 Å². The van der Waals surface area contributed by atoms with E-state index in [9.17, 15) is 9.59 Å². The Balaban J connectivity index is 1.64. The Hall–Kier alpha value is -3.15. The molecule has 0 aliphatic heterocycles. The summed E-state index contributed by atoms with van der Waals surface area (Å²) in [6, 6.07) is 18.1. The predicted molar refractivity (Wildman–Crippen MR) is 140 cm³/mol. The second-order valence-corrected chi connectivity index (χ2v) is 10.8. The van der Waals surface area contributed by atoms with Crippen LogP contribution >= 0.6 is 0 Å². The van der Waals surface area contributed by atoms with Gasteiger partial charge in [0.15, 0.2) is 0 Å². The molecule has 1 fully saturated rings. The lowest BCUT2D eigenvalue weighted by molar-refractivity contribution is -0.135. The molecule has 1 unspecified atom stereocenters. The topological polar surface area (TPSA) is 67.2 Å². The van der Waals surface area contributed by atoms with E-state index in [-0.39, 0.29) is 30.4 Å². The van der Waals surface area contributed by atoms with E-state index in [1.54, 1.807) is 0 Å². The summed E-state index contributed by atoms with van der Waals surface area (Å²) in [5, 5.41) is 3.10. The third kappa shape index (κ3) is 5.92. The van der Waals surface area contributed by atoms with Crippen LogP contribution in [-0.2, 0) is 22.7 Å². The quantitative estimate of drug-likeness (QED) is 0.483. The number of amides is 2. The molecule has 2 aromatic carbocycles. The van der Waals surface area contributed by atoms with Crippen molar-refractivity contribution in [3.8, 4) is 0 Å². The number of hydrogen-bond donors (Lipinski definition) is 1. The summed E-state index contributed by atoms with van der Waals surface area (Å²) in [5.74, 6) is 0.766. The highest BCUT2D eigenvalue weighted by Gasteiger charge is 2.29. The second kappa shape index (κ2) is 10.6. The van der Waals surface area contributed by atoms with Crippen LogP contribution in [0.5, 0.6) is 0 Å². The van der Waals surface area contributed by atoms with Gasteiger partial charge in [0.05, 0.1) is 17.1 Å². The molecule has 1 aliphatic carbocycles. The molecule has 1 saturated carbocycles. The van der Waals surface area contributed by atoms with Gasteiger partial charge in [-0.15, -0.1) is 0 Å². The van der Waals surface area contributed by atoms with Crippen molar-refractivity contribution in [2.75, 3.05) is 0 Å². The van der Waals surface area contributed by atoms with Crippen LogP contribution in [0.25, 0.3) is 11.0 Å². The molecule has 186 valence electrons. The number of rotatable bonds is 7. The molecule has 2 amide bonds. The third-order valence-corrected chi connectivity index (χ3v) is 6.93. The van der Waals surface area contributed by atoms with E-state index in [1.165, 1.54) is 19.3 Å². The number of benzene rings is 2. The highest BCUT2D eigenvalue weighted by molar-refractivity contribution is 5.83. The summed E-state index contributed by atoms with van der Waals surface area (Å²) in [7, 11) is 0. The molecule has 0 saturated heterocycles. The summed E-state index contributed by atoms with van der Waals surface area (Å²) < 4.78 is 1.99. The van der Waals surface area contributed by atoms with Gasteiger partial charge in [0, 0.05) is 18.0 Å². The lowest BCUT2D eigenvalue weighted by atomic mass is 9.93. The minimum Gasteiger partial charge on any atom is -0.346 e. The first-order chi connectivity index (χ1) is 16.7. The molecule has 1 aromatic heterocycles. The number of imidazole rings is 1. The van der Waals surface area contributed by atoms with Crippen molar-refractivity contribution in [2.24, 2.45) is 5.41 Å². The van der Waals surface area contributed by atoms with Crippen LogP contribution in [0.15, 0.2) is 54.6 Å². The van der Waals surface area contributed by atoms with E-state index in [4.69, 9.17) is 4.98 Å². The molecule has 0 bridgehead atoms. The molecule has 1 heterocycles. The number of fused-ring (bicyclic) bond motifs is 1. The van der Waals surface area contributed by atoms with Gasteiger partial charge < -0.3 is 14.8 Å². The van der Waals surface area contributed by atoms with Crippen LogP contribution in [0, 0.1) is 5.41 Å². The van der Waals surface area contributed by atoms with E-state index < -0.39 is 5.41 Å². The molecule has 6 heteroatoms. The number of nitrogens with zero attached hydrogens (tertiary/aromatic N) is 3. The second-order valence-electron chi connectivity index (χ2n) is 10.8. The third-order valence-electron chi connectivity index (χ3n) is 6.93. The summed E-state index contributed by atoms with van der Waals surface area (Å²) in [6.07, 6.45) is 5.67. The fourth-order valence-corrected chi connectivity index (χ4v) is 4.89.